The number of allylic oxidation sites excluding steroid dienone is 1. The molecule has 2 aromatic rings. The van der Waals surface area contributed by atoms with E-state index in [-0.39, 0.29) is 5.57 Å². The van der Waals surface area contributed by atoms with Crippen LogP contribution in [-0.2, 0) is 0 Å². The van der Waals surface area contributed by atoms with E-state index in [1.807, 2.05) is 50.2 Å². The van der Waals surface area contributed by atoms with Crippen molar-refractivity contribution in [2.75, 3.05) is 23.0 Å². The molecule has 0 bridgehead atoms. The van der Waals surface area contributed by atoms with Gasteiger partial charge in [0.25, 0.3) is 0 Å². The van der Waals surface area contributed by atoms with Gasteiger partial charge in [0.05, 0.1) is 23.0 Å². The summed E-state index contributed by atoms with van der Waals surface area (Å²) in [5, 5.41) is 25.4. The van der Waals surface area contributed by atoms with Gasteiger partial charge in [0.2, 0.25) is 0 Å². The molecule has 0 radical (unpaired) electrons. The van der Waals surface area contributed by atoms with Gasteiger partial charge in [-0.1, -0.05) is 18.2 Å². The Morgan fingerprint density at radius 2 is 1.93 bits per heavy atom. The maximum Gasteiger partial charge on any atom is 0.196 e. The van der Waals surface area contributed by atoms with Crippen LogP contribution in [-0.4, -0.2) is 25.0 Å². The second-order valence-corrected chi connectivity index (χ2v) is 6.28. The fraction of sp³-hybridized carbons (Fsp3) is 0.286. The van der Waals surface area contributed by atoms with Crippen molar-refractivity contribution in [2.24, 2.45) is 16.8 Å². The Kier molecular flexibility index (Phi) is 5.78. The molecule has 1 aromatic carbocycles. The highest BCUT2D eigenvalue weighted by atomic mass is 16.4. The Morgan fingerprint density at radius 3 is 2.54 bits per heavy atom. The highest BCUT2D eigenvalue weighted by Crippen LogP contribution is 2.29. The largest absolute Gasteiger partial charge is 0.441 e. The fourth-order valence-electron chi connectivity index (χ4n) is 3.15. The number of furan rings is 1. The van der Waals surface area contributed by atoms with E-state index >= 15 is 0 Å². The number of anilines is 2. The summed E-state index contributed by atoms with van der Waals surface area (Å²) in [5.41, 5.74) is 7.63. The number of benzene rings is 1. The number of nitrogens with two attached hydrogens (primary N) is 1. The molecule has 2 N–H and O–H groups in total. The van der Waals surface area contributed by atoms with Gasteiger partial charge in [0.1, 0.15) is 23.9 Å². The number of nitrogens with zero attached hydrogens (tertiary/aromatic N) is 5. The van der Waals surface area contributed by atoms with Gasteiger partial charge >= 0.3 is 0 Å². The number of hydrogen-bond acceptors (Lipinski definition) is 7. The van der Waals surface area contributed by atoms with Crippen molar-refractivity contribution in [3.05, 3.63) is 53.8 Å². The van der Waals surface area contributed by atoms with E-state index in [4.69, 9.17) is 10.2 Å². The van der Waals surface area contributed by atoms with Crippen LogP contribution in [0.3, 0.4) is 0 Å². The summed E-state index contributed by atoms with van der Waals surface area (Å²) in [6.45, 7) is 5.74. The van der Waals surface area contributed by atoms with Crippen LogP contribution in [0.15, 0.2) is 57.6 Å². The van der Waals surface area contributed by atoms with Crippen molar-refractivity contribution in [1.29, 1.82) is 10.5 Å². The molecule has 0 spiro atoms. The summed E-state index contributed by atoms with van der Waals surface area (Å²) in [7, 11) is 0. The first-order chi connectivity index (χ1) is 13.6. The van der Waals surface area contributed by atoms with Crippen LogP contribution in [0.25, 0.3) is 6.08 Å². The van der Waals surface area contributed by atoms with E-state index in [2.05, 4.69) is 22.1 Å². The molecular weight excluding hydrogens is 352 g/mol. The Hall–Kier alpha value is -3.55. The van der Waals surface area contributed by atoms with Gasteiger partial charge in [-0.3, -0.25) is 0 Å². The van der Waals surface area contributed by atoms with Crippen molar-refractivity contribution in [3.63, 3.8) is 0 Å². The van der Waals surface area contributed by atoms with Crippen molar-refractivity contribution in [1.82, 2.24) is 0 Å². The van der Waals surface area contributed by atoms with Gasteiger partial charge in [0, 0.05) is 25.2 Å². The van der Waals surface area contributed by atoms with Gasteiger partial charge in [-0.25, -0.2) is 5.01 Å². The Labute approximate surface area is 164 Å². The first kappa shape index (κ1) is 19.2. The van der Waals surface area contributed by atoms with Crippen molar-refractivity contribution in [3.8, 4) is 12.1 Å². The predicted octanol–water partition coefficient (Wildman–Crippen LogP) is 3.33. The van der Waals surface area contributed by atoms with Crippen LogP contribution in [0.4, 0.5) is 11.6 Å². The first-order valence-electron chi connectivity index (χ1n) is 9.17. The van der Waals surface area contributed by atoms with Crippen LogP contribution in [0.2, 0.25) is 0 Å². The van der Waals surface area contributed by atoms with Crippen LogP contribution in [0, 0.1) is 28.6 Å². The van der Waals surface area contributed by atoms with Crippen molar-refractivity contribution < 1.29 is 4.42 Å². The van der Waals surface area contributed by atoms with Gasteiger partial charge in [-0.05, 0) is 32.0 Å². The average Bonchev–Trinajstić information content (AvgIpc) is 3.32. The minimum absolute atomic E-state index is 0.265. The lowest BCUT2D eigenvalue weighted by molar-refractivity contribution is 0.541. The summed E-state index contributed by atoms with van der Waals surface area (Å²) in [4.78, 5) is 2.07. The highest BCUT2D eigenvalue weighted by Gasteiger charge is 2.37. The molecule has 1 aromatic heterocycles. The maximum absolute atomic E-state index is 9.69. The van der Waals surface area contributed by atoms with Gasteiger partial charge < -0.3 is 15.1 Å². The zero-order chi connectivity index (χ0) is 20.1. The third-order valence-corrected chi connectivity index (χ3v) is 4.66. The summed E-state index contributed by atoms with van der Waals surface area (Å²) in [5.74, 6) is 0.550. The topological polar surface area (TPSA) is 106 Å². The maximum atomic E-state index is 9.69. The molecule has 7 nitrogen and oxygen atoms in total. The Bertz CT molecular complexity index is 959. The third-order valence-electron chi connectivity index (χ3n) is 4.66. The van der Waals surface area contributed by atoms with Crippen LogP contribution in [0.1, 0.15) is 19.6 Å². The van der Waals surface area contributed by atoms with Crippen LogP contribution in [0.5, 0.6) is 0 Å². The van der Waals surface area contributed by atoms with E-state index in [1.165, 1.54) is 0 Å². The molecule has 0 fully saturated rings. The smallest absolute Gasteiger partial charge is 0.196 e. The molecule has 142 valence electrons. The summed E-state index contributed by atoms with van der Waals surface area (Å²) in [6.07, 6.45) is 0.944. The molecule has 1 aliphatic heterocycles. The van der Waals surface area contributed by atoms with E-state index in [0.717, 1.165) is 24.7 Å². The van der Waals surface area contributed by atoms with E-state index in [0.29, 0.717) is 11.5 Å². The molecule has 0 saturated carbocycles. The van der Waals surface area contributed by atoms with Gasteiger partial charge in [-0.15, -0.1) is 0 Å². The molecule has 0 aliphatic carbocycles. The molecule has 2 heterocycles. The normalized spacial score (nSPS) is 19.1. The lowest BCUT2D eigenvalue weighted by Gasteiger charge is -2.21. The molecule has 7 heteroatoms. The van der Waals surface area contributed by atoms with Crippen molar-refractivity contribution in [2.45, 2.75) is 20.0 Å². The molecule has 3 rings (SSSR count). The quantitative estimate of drug-likeness (QED) is 0.778. The highest BCUT2D eigenvalue weighted by molar-refractivity contribution is 6.11. The monoisotopic (exact) mass is 374 g/mol. The minimum atomic E-state index is -0.719. The van der Waals surface area contributed by atoms with E-state index < -0.39 is 12.1 Å². The summed E-state index contributed by atoms with van der Waals surface area (Å²) >= 11 is 0. The molecular formula is C21H22N6O. The first-order valence-corrected chi connectivity index (χ1v) is 9.17. The van der Waals surface area contributed by atoms with Crippen LogP contribution < -0.4 is 15.6 Å². The minimum Gasteiger partial charge on any atom is -0.441 e. The molecule has 0 unspecified atom stereocenters. The second kappa shape index (κ2) is 8.43. The standard InChI is InChI=1S/C21H22N6O/c1-3-26(4-2)19-11-10-17(28-19)12-15(13-22)20-18(14-23)21(24)27(25-20)16-8-6-5-7-9-16/h5-12,18,21H,3-4,24H2,1-2H3/b15-12-/t18-,21-/m0/s1. The van der Waals surface area contributed by atoms with Gasteiger partial charge in [-0.2, -0.15) is 15.6 Å². The lowest BCUT2D eigenvalue weighted by Crippen LogP contribution is -2.40. The molecule has 0 amide bonds. The van der Waals surface area contributed by atoms with E-state index in [1.54, 1.807) is 17.2 Å². The molecule has 28 heavy (non-hydrogen) atoms. The third kappa shape index (κ3) is 3.62. The molecule has 0 saturated heterocycles. The lowest BCUT2D eigenvalue weighted by atomic mass is 9.96. The summed E-state index contributed by atoms with van der Waals surface area (Å²) in [6, 6.07) is 17.3. The fourth-order valence-corrected chi connectivity index (χ4v) is 3.15. The average molecular weight is 374 g/mol. The second-order valence-electron chi connectivity index (χ2n) is 6.28. The van der Waals surface area contributed by atoms with Crippen molar-refractivity contribution >= 4 is 23.4 Å². The predicted molar refractivity (Wildman–Crippen MR) is 109 cm³/mol. The Balaban J connectivity index is 1.96. The molecule has 1 aliphatic rings. The van der Waals surface area contributed by atoms with E-state index in [9.17, 15) is 10.5 Å². The number of nitriles is 2. The number of hydrazone groups is 1. The number of para-hydroxylation sites is 1. The zero-order valence-electron chi connectivity index (χ0n) is 15.9. The summed E-state index contributed by atoms with van der Waals surface area (Å²) < 4.78 is 5.84. The van der Waals surface area contributed by atoms with Gasteiger partial charge in [0.15, 0.2) is 5.88 Å². The SMILES string of the molecule is CCN(CC)c1ccc(/C=C(/C#N)C2=NN(c3ccccc3)[C@H](N)[C@H]2C#N)o1. The number of hydrogen-bond donors (Lipinski definition) is 1. The molecule has 2 atom stereocenters. The zero-order valence-corrected chi connectivity index (χ0v) is 15.9. The Morgan fingerprint density at radius 1 is 1.21 bits per heavy atom. The van der Waals surface area contributed by atoms with Crippen LogP contribution >= 0.6 is 0 Å². The number of rotatable bonds is 6.